The molecule has 1 atom stereocenters. The third kappa shape index (κ3) is 4.09. The van der Waals surface area contributed by atoms with Crippen LogP contribution in [0.4, 0.5) is 0 Å². The second-order valence-electron chi connectivity index (χ2n) is 5.81. The largest absolute Gasteiger partial charge is 0.481 e. The van der Waals surface area contributed by atoms with E-state index in [4.69, 9.17) is 5.73 Å². The van der Waals surface area contributed by atoms with Gasteiger partial charge in [-0.1, -0.05) is 18.2 Å². The summed E-state index contributed by atoms with van der Waals surface area (Å²) in [5, 5.41) is 9.39. The molecule has 0 radical (unpaired) electrons. The minimum absolute atomic E-state index is 0. The number of aryl methyl sites for hydroxylation is 1. The average molecular weight is 372 g/mol. The Morgan fingerprint density at radius 1 is 1.29 bits per heavy atom. The van der Waals surface area contributed by atoms with Gasteiger partial charge in [0.1, 0.15) is 0 Å². The molecule has 0 bridgehead atoms. The van der Waals surface area contributed by atoms with Crippen LogP contribution < -0.4 is 5.73 Å². The van der Waals surface area contributed by atoms with Crippen LogP contribution in [0, 0.1) is 5.92 Å². The first kappa shape index (κ1) is 20.5. The molecule has 24 heavy (non-hydrogen) atoms. The number of benzene rings is 1. The summed E-state index contributed by atoms with van der Waals surface area (Å²) in [5.74, 6) is -1.16. The highest BCUT2D eigenvalue weighted by molar-refractivity contribution is 5.85. The molecule has 3 rings (SSSR count). The lowest BCUT2D eigenvalue weighted by Gasteiger charge is -2.20. The number of carbonyl (C=O) groups is 1. The number of aromatic nitrogens is 2. The highest BCUT2D eigenvalue weighted by Crippen LogP contribution is 2.27. The van der Waals surface area contributed by atoms with Crippen molar-refractivity contribution >= 4 is 30.8 Å². The fraction of sp³-hybridized carbons (Fsp3) is 0.412. The van der Waals surface area contributed by atoms with E-state index in [1.807, 2.05) is 12.4 Å². The molecule has 132 valence electrons. The maximum Gasteiger partial charge on any atom is 0.306 e. The van der Waals surface area contributed by atoms with Crippen molar-refractivity contribution in [3.05, 3.63) is 47.5 Å². The molecule has 1 aliphatic heterocycles. The van der Waals surface area contributed by atoms with Gasteiger partial charge in [-0.2, -0.15) is 0 Å². The number of nitrogens with two attached hydrogens (primary N) is 1. The number of para-hydroxylation sites is 1. The second-order valence-corrected chi connectivity index (χ2v) is 5.81. The van der Waals surface area contributed by atoms with Crippen molar-refractivity contribution < 1.29 is 9.90 Å². The van der Waals surface area contributed by atoms with Crippen LogP contribution in [0.15, 0.2) is 30.6 Å². The zero-order valence-corrected chi connectivity index (χ0v) is 15.0. The topological polar surface area (TPSA) is 81.1 Å². The lowest BCUT2D eigenvalue weighted by atomic mass is 9.94. The van der Waals surface area contributed by atoms with Crippen LogP contribution in [-0.4, -0.2) is 27.2 Å². The molecule has 1 aliphatic rings. The molecule has 2 heterocycles. The molecule has 1 aromatic heterocycles. The van der Waals surface area contributed by atoms with Crippen LogP contribution in [0.1, 0.15) is 29.8 Å². The summed E-state index contributed by atoms with van der Waals surface area (Å²) in [4.78, 5) is 15.9. The smallest absolute Gasteiger partial charge is 0.306 e. The van der Waals surface area contributed by atoms with Crippen LogP contribution in [-0.2, 0) is 24.1 Å². The number of hydrogen-bond acceptors (Lipinski definition) is 3. The maximum absolute atomic E-state index is 11.4. The third-order valence-electron chi connectivity index (χ3n) is 4.38. The number of halogens is 2. The second kappa shape index (κ2) is 9.06. The number of nitrogens with zero attached hydrogens (tertiary/aromatic N) is 2. The fourth-order valence-electron chi connectivity index (χ4n) is 3.17. The van der Waals surface area contributed by atoms with Gasteiger partial charge in [0.15, 0.2) is 0 Å². The Bertz CT molecular complexity index is 688. The molecule has 0 spiro atoms. The summed E-state index contributed by atoms with van der Waals surface area (Å²) in [6.45, 7) is 0.526. The standard InChI is InChI=1S/C17H21N3O2.2ClH/c18-9-3-5-13(17(21)22)10-14-16-8-7-12-4-1-2-6-15(12)20(16)11-19-14;;/h1-2,4,6,11,13H,3,5,7-10,18H2,(H,21,22);2*1H. The first-order valence-corrected chi connectivity index (χ1v) is 7.77. The van der Waals surface area contributed by atoms with E-state index in [2.05, 4.69) is 27.8 Å². The maximum atomic E-state index is 11.4. The van der Waals surface area contributed by atoms with Gasteiger partial charge in [0.2, 0.25) is 0 Å². The molecule has 5 nitrogen and oxygen atoms in total. The summed E-state index contributed by atoms with van der Waals surface area (Å²) in [7, 11) is 0. The van der Waals surface area contributed by atoms with Crippen molar-refractivity contribution in [2.24, 2.45) is 11.7 Å². The monoisotopic (exact) mass is 371 g/mol. The Hall–Kier alpha value is -1.56. The Labute approximate surface area is 154 Å². The molecule has 3 N–H and O–H groups in total. The molecule has 0 amide bonds. The average Bonchev–Trinajstić information content (AvgIpc) is 2.94. The first-order valence-electron chi connectivity index (χ1n) is 7.77. The lowest BCUT2D eigenvalue weighted by molar-refractivity contribution is -0.142. The zero-order valence-electron chi connectivity index (χ0n) is 13.4. The molecule has 0 fully saturated rings. The normalized spacial score (nSPS) is 13.0. The van der Waals surface area contributed by atoms with Crippen molar-refractivity contribution in [3.63, 3.8) is 0 Å². The van der Waals surface area contributed by atoms with Crippen molar-refractivity contribution in [1.82, 2.24) is 9.55 Å². The molecule has 0 saturated heterocycles. The molecule has 0 aliphatic carbocycles. The van der Waals surface area contributed by atoms with Gasteiger partial charge >= 0.3 is 5.97 Å². The highest BCUT2D eigenvalue weighted by Gasteiger charge is 2.24. The quantitative estimate of drug-likeness (QED) is 0.817. The van der Waals surface area contributed by atoms with Crippen LogP contribution in [0.5, 0.6) is 0 Å². The minimum Gasteiger partial charge on any atom is -0.481 e. The van der Waals surface area contributed by atoms with Gasteiger partial charge < -0.3 is 15.4 Å². The van der Waals surface area contributed by atoms with Crippen LogP contribution in [0.2, 0.25) is 0 Å². The zero-order chi connectivity index (χ0) is 15.5. The van der Waals surface area contributed by atoms with Gasteiger partial charge in [-0.05, 0) is 43.9 Å². The van der Waals surface area contributed by atoms with E-state index in [9.17, 15) is 9.90 Å². The van der Waals surface area contributed by atoms with E-state index in [1.54, 1.807) is 0 Å². The van der Waals surface area contributed by atoms with Gasteiger partial charge in [-0.25, -0.2) is 4.98 Å². The summed E-state index contributed by atoms with van der Waals surface area (Å²) >= 11 is 0. The number of carboxylic acid groups (broad SMARTS) is 1. The van der Waals surface area contributed by atoms with E-state index < -0.39 is 11.9 Å². The third-order valence-corrected chi connectivity index (χ3v) is 4.38. The Morgan fingerprint density at radius 2 is 2.04 bits per heavy atom. The predicted octanol–water partition coefficient (Wildman–Crippen LogP) is 2.80. The van der Waals surface area contributed by atoms with Crippen molar-refractivity contribution in [3.8, 4) is 5.69 Å². The van der Waals surface area contributed by atoms with Gasteiger partial charge in [0, 0.05) is 17.8 Å². The van der Waals surface area contributed by atoms with Crippen LogP contribution >= 0.6 is 24.8 Å². The molecule has 7 heteroatoms. The Kier molecular flexibility index (Phi) is 7.73. The number of imidazole rings is 1. The molecule has 0 saturated carbocycles. The Balaban J connectivity index is 0.00000144. The van der Waals surface area contributed by atoms with E-state index in [0.717, 1.165) is 36.3 Å². The van der Waals surface area contributed by atoms with E-state index in [1.165, 1.54) is 5.56 Å². The van der Waals surface area contributed by atoms with Gasteiger partial charge in [-0.3, -0.25) is 4.79 Å². The Morgan fingerprint density at radius 3 is 2.75 bits per heavy atom. The minimum atomic E-state index is -0.758. The van der Waals surface area contributed by atoms with Crippen LogP contribution in [0.3, 0.4) is 0 Å². The summed E-state index contributed by atoms with van der Waals surface area (Å²) in [6.07, 6.45) is 5.54. The van der Waals surface area contributed by atoms with E-state index in [0.29, 0.717) is 19.4 Å². The van der Waals surface area contributed by atoms with Crippen molar-refractivity contribution in [1.29, 1.82) is 0 Å². The van der Waals surface area contributed by atoms with E-state index >= 15 is 0 Å². The summed E-state index contributed by atoms with van der Waals surface area (Å²) in [5.41, 5.74) is 10.0. The summed E-state index contributed by atoms with van der Waals surface area (Å²) in [6, 6.07) is 8.30. The number of rotatable bonds is 6. The van der Waals surface area contributed by atoms with Crippen LogP contribution in [0.25, 0.3) is 5.69 Å². The molecule has 1 aromatic carbocycles. The molecule has 1 unspecified atom stereocenters. The van der Waals surface area contributed by atoms with Crippen molar-refractivity contribution in [2.75, 3.05) is 6.54 Å². The van der Waals surface area contributed by atoms with Gasteiger partial charge in [0.05, 0.1) is 17.9 Å². The summed E-state index contributed by atoms with van der Waals surface area (Å²) < 4.78 is 2.11. The number of carboxylic acids is 1. The molecule has 2 aromatic rings. The number of fused-ring (bicyclic) bond motifs is 3. The van der Waals surface area contributed by atoms with Gasteiger partial charge in [-0.15, -0.1) is 24.8 Å². The fourth-order valence-corrected chi connectivity index (χ4v) is 3.17. The number of hydrogen-bond donors (Lipinski definition) is 2. The van der Waals surface area contributed by atoms with Crippen molar-refractivity contribution in [2.45, 2.75) is 32.1 Å². The SMILES string of the molecule is Cl.Cl.NCCCC(Cc1ncn2c1CCc1ccccc1-2)C(=O)O. The molecular weight excluding hydrogens is 349 g/mol. The predicted molar refractivity (Wildman–Crippen MR) is 98.6 cm³/mol. The number of aliphatic carboxylic acids is 1. The van der Waals surface area contributed by atoms with Gasteiger partial charge in [0.25, 0.3) is 0 Å². The first-order chi connectivity index (χ1) is 10.7. The molecular formula is C17H23Cl2N3O2. The van der Waals surface area contributed by atoms with E-state index in [-0.39, 0.29) is 24.8 Å². The highest BCUT2D eigenvalue weighted by atomic mass is 35.5. The lowest BCUT2D eigenvalue weighted by Crippen LogP contribution is -2.20.